The molecule has 1 heterocycles. The van der Waals surface area contributed by atoms with Crippen LogP contribution in [0.5, 0.6) is 0 Å². The van der Waals surface area contributed by atoms with E-state index in [1.807, 2.05) is 18.2 Å². The number of nitrogens with zero attached hydrogens (tertiary/aromatic N) is 1. The highest BCUT2D eigenvalue weighted by Gasteiger charge is 2.03. The average molecular weight is 185 g/mol. The van der Waals surface area contributed by atoms with Crippen LogP contribution in [0.4, 0.5) is 0 Å². The Morgan fingerprint density at radius 1 is 1.46 bits per heavy atom. The number of carboxylic acids is 1. The number of pyridine rings is 1. The van der Waals surface area contributed by atoms with Gasteiger partial charge in [0.1, 0.15) is 5.69 Å². The molecule has 0 saturated carbocycles. The number of benzene rings is 1. The number of hydrogen-bond acceptors (Lipinski definition) is 2. The topological polar surface area (TPSA) is 50.2 Å². The summed E-state index contributed by atoms with van der Waals surface area (Å²) in [6.45, 7) is 0. The van der Waals surface area contributed by atoms with E-state index in [1.165, 1.54) is 6.07 Å². The molecule has 0 atom stereocenters. The normalized spacial score (nSPS) is 10.2. The van der Waals surface area contributed by atoms with Crippen LogP contribution in [0.25, 0.3) is 10.9 Å². The van der Waals surface area contributed by atoms with Gasteiger partial charge >= 0.3 is 5.97 Å². The number of carboxylic acid groups (broad SMARTS) is 1. The highest BCUT2D eigenvalue weighted by atomic mass is 16.4. The molecule has 0 aliphatic rings. The first-order chi connectivity index (χ1) is 6.27. The summed E-state index contributed by atoms with van der Waals surface area (Å²) in [7, 11) is 0. The fourth-order valence-corrected chi connectivity index (χ4v) is 1.19. The van der Waals surface area contributed by atoms with Crippen molar-refractivity contribution in [2.45, 2.75) is 0 Å². The van der Waals surface area contributed by atoms with Crippen molar-refractivity contribution in [1.82, 2.24) is 4.98 Å². The molecule has 0 saturated heterocycles. The number of para-hydroxylation sites is 1. The molecule has 0 bridgehead atoms. The Morgan fingerprint density at radius 2 is 2.23 bits per heavy atom. The molecular formula is C10H7NO2. The molecule has 0 aliphatic heterocycles. The van der Waals surface area contributed by atoms with E-state index in [0.29, 0.717) is 5.52 Å². The average Bonchev–Trinajstić information content (AvgIpc) is 2.17. The van der Waals surface area contributed by atoms with Gasteiger partial charge in [-0.05, 0) is 12.1 Å². The largest absolute Gasteiger partial charge is 0.477 e. The van der Waals surface area contributed by atoms with Gasteiger partial charge < -0.3 is 5.11 Å². The molecule has 0 unspecified atom stereocenters. The summed E-state index contributed by atoms with van der Waals surface area (Å²) in [6.07, 6.45) is 0. The molecule has 3 nitrogen and oxygen atoms in total. The van der Waals surface area contributed by atoms with Gasteiger partial charge in [0.2, 0.25) is 0 Å². The van der Waals surface area contributed by atoms with E-state index < -0.39 is 5.97 Å². The molecule has 64 valence electrons. The third kappa shape index (κ3) is 1.36. The number of aromatic carboxylic acids is 1. The Labute approximate surface area is 74.7 Å². The highest BCUT2D eigenvalue weighted by molar-refractivity contribution is 5.89. The van der Waals surface area contributed by atoms with Crippen molar-refractivity contribution in [3.05, 3.63) is 42.1 Å². The van der Waals surface area contributed by atoms with Crippen molar-refractivity contribution in [2.24, 2.45) is 0 Å². The van der Waals surface area contributed by atoms with E-state index in [0.717, 1.165) is 5.39 Å². The number of hydrogen-bond donors (Lipinski definition) is 1. The molecule has 0 radical (unpaired) electrons. The molecule has 1 aromatic heterocycles. The predicted octanol–water partition coefficient (Wildman–Crippen LogP) is 1.93. The summed E-state index contributed by atoms with van der Waals surface area (Å²) in [5.41, 5.74) is 0.793. The zero-order valence-corrected chi connectivity index (χ0v) is 6.77. The van der Waals surface area contributed by atoms with Gasteiger partial charge in [-0.15, -0.1) is 0 Å². The minimum atomic E-state index is -0.995. The summed E-state index contributed by atoms with van der Waals surface area (Å²) in [5.74, 6) is -0.995. The molecule has 0 aliphatic carbocycles. The second kappa shape index (κ2) is 2.86. The van der Waals surface area contributed by atoms with Crippen LogP contribution in [0.1, 0.15) is 10.5 Å². The zero-order chi connectivity index (χ0) is 9.26. The monoisotopic (exact) mass is 185 g/mol. The quantitative estimate of drug-likeness (QED) is 0.738. The van der Waals surface area contributed by atoms with Gasteiger partial charge in [-0.1, -0.05) is 24.3 Å². The van der Waals surface area contributed by atoms with Crippen molar-refractivity contribution in [3.63, 3.8) is 0 Å². The SMILES string of the molecule is O=C(O)c1cc[14c]2[14cH][14cH][14cH][14cH][14c]2n1. The predicted molar refractivity (Wildman–Crippen MR) is 48.7 cm³/mol. The number of fused-ring (bicyclic) bond motifs is 1. The van der Waals surface area contributed by atoms with E-state index in [2.05, 4.69) is 4.98 Å². The van der Waals surface area contributed by atoms with E-state index in [4.69, 9.17) is 5.11 Å². The fraction of sp³-hybridized carbons (Fsp3) is 0. The van der Waals surface area contributed by atoms with E-state index in [-0.39, 0.29) is 5.69 Å². The number of rotatable bonds is 1. The van der Waals surface area contributed by atoms with Crippen LogP contribution in [-0.4, -0.2) is 16.1 Å². The van der Waals surface area contributed by atoms with Gasteiger partial charge in [-0.25, -0.2) is 9.78 Å². The second-order valence-electron chi connectivity index (χ2n) is 2.69. The zero-order valence-electron chi connectivity index (χ0n) is 6.77. The van der Waals surface area contributed by atoms with Gasteiger partial charge in [0.25, 0.3) is 0 Å². The van der Waals surface area contributed by atoms with Gasteiger partial charge in [0.15, 0.2) is 0 Å². The van der Waals surface area contributed by atoms with Crippen molar-refractivity contribution >= 4 is 16.9 Å². The molecule has 13 heavy (non-hydrogen) atoms. The van der Waals surface area contributed by atoms with Crippen LogP contribution >= 0.6 is 0 Å². The molecule has 1 N–H and O–H groups in total. The maximum Gasteiger partial charge on any atom is 0.354 e. The fourth-order valence-electron chi connectivity index (χ4n) is 1.19. The summed E-state index contributed by atoms with van der Waals surface area (Å²) in [4.78, 5) is 14.6. The number of carbonyl (C=O) groups is 1. The first-order valence-electron chi connectivity index (χ1n) is 3.86. The Balaban J connectivity index is 2.69. The Kier molecular flexibility index (Phi) is 1.70. The third-order valence-electron chi connectivity index (χ3n) is 1.82. The maximum atomic E-state index is 10.6. The lowest BCUT2D eigenvalue weighted by molar-refractivity contribution is 0.0691. The first-order valence-corrected chi connectivity index (χ1v) is 3.86. The smallest absolute Gasteiger partial charge is 0.354 e. The Morgan fingerprint density at radius 3 is 3.00 bits per heavy atom. The Hall–Kier alpha value is -1.90. The van der Waals surface area contributed by atoms with E-state index in [1.54, 1.807) is 12.1 Å². The molecular weight excluding hydrogens is 178 g/mol. The van der Waals surface area contributed by atoms with Crippen molar-refractivity contribution in [3.8, 4) is 0 Å². The van der Waals surface area contributed by atoms with Crippen LogP contribution in [-0.2, 0) is 0 Å². The minimum Gasteiger partial charge on any atom is -0.477 e. The Bertz CT molecular complexity index is 465. The van der Waals surface area contributed by atoms with E-state index >= 15 is 0 Å². The number of aromatic nitrogens is 1. The lowest BCUT2D eigenvalue weighted by Crippen LogP contribution is -1.99. The minimum absolute atomic E-state index is 0.0821. The molecule has 0 spiro atoms. The second-order valence-corrected chi connectivity index (χ2v) is 2.69. The van der Waals surface area contributed by atoms with Crippen LogP contribution in [0.15, 0.2) is 36.4 Å². The summed E-state index contributed by atoms with van der Waals surface area (Å²) in [5, 5.41) is 9.63. The first kappa shape index (κ1) is 7.73. The lowest BCUT2D eigenvalue weighted by atomic mass is 10.4. The van der Waals surface area contributed by atoms with Crippen molar-refractivity contribution in [1.29, 1.82) is 0 Å². The molecule has 3 heteroatoms. The van der Waals surface area contributed by atoms with Crippen molar-refractivity contribution < 1.29 is 9.90 Å². The highest BCUT2D eigenvalue weighted by Crippen LogP contribution is 2.11. The van der Waals surface area contributed by atoms with Crippen LogP contribution in [0.2, 0.25) is 0 Å². The van der Waals surface area contributed by atoms with Gasteiger partial charge in [0.05, 0.1) is 5.52 Å². The molecule has 2 rings (SSSR count). The molecule has 2 aromatic rings. The molecule has 0 fully saturated rings. The van der Waals surface area contributed by atoms with Gasteiger partial charge in [0, 0.05) is 5.39 Å². The van der Waals surface area contributed by atoms with Crippen LogP contribution < -0.4 is 0 Å². The van der Waals surface area contributed by atoms with Crippen molar-refractivity contribution in [2.75, 3.05) is 0 Å². The third-order valence-corrected chi connectivity index (χ3v) is 1.82. The molecule has 0 amide bonds. The summed E-state index contributed by atoms with van der Waals surface area (Å²) < 4.78 is 0. The van der Waals surface area contributed by atoms with Crippen LogP contribution in [0.3, 0.4) is 0 Å². The van der Waals surface area contributed by atoms with Gasteiger partial charge in [-0.3, -0.25) is 0 Å². The maximum absolute atomic E-state index is 10.6. The van der Waals surface area contributed by atoms with Gasteiger partial charge in [-0.2, -0.15) is 0 Å². The standard InChI is InChI=1S/C10H7NO2/c12-10(13)9-6-5-7-3-1-2-4-8(7)11-9/h1-6H,(H,12,13)/i1+2,2+2,3+2,4+2,7+2,8+2. The summed E-state index contributed by atoms with van der Waals surface area (Å²) in [6, 6.07) is 10.7. The summed E-state index contributed by atoms with van der Waals surface area (Å²) >= 11 is 0. The lowest BCUT2D eigenvalue weighted by Gasteiger charge is -1.97. The molecule has 1 aromatic carbocycles. The van der Waals surface area contributed by atoms with E-state index in [9.17, 15) is 4.79 Å². The van der Waals surface area contributed by atoms with Crippen LogP contribution in [0, 0.1) is 0 Å².